The number of methoxy groups -OCH3 is 1. The molecule has 0 bridgehead atoms. The van der Waals surface area contributed by atoms with E-state index in [1.165, 1.54) is 22.7 Å². The van der Waals surface area contributed by atoms with Crippen molar-refractivity contribution in [3.8, 4) is 22.6 Å². The zero-order valence-corrected chi connectivity index (χ0v) is 21.3. The lowest BCUT2D eigenvalue weighted by Gasteiger charge is -2.35. The molecule has 13 nitrogen and oxygen atoms in total. The standard InChI is InChI=1S/C24H18ClF2N9O4/c1-39-24(38)34-8-14(9-34)22-30-20(32-40-22)12-2-4-16(25)17(6-12)29-21(37)15-7-28-35-10-13(3-5-19(15)35)18-11-36(23(26)27)33-31-18/h2-7,10-11,14,23H,8-9H2,1H3,(H,29,37). The van der Waals surface area contributed by atoms with Gasteiger partial charge in [-0.15, -0.1) is 5.10 Å². The van der Waals surface area contributed by atoms with Crippen LogP contribution in [0.15, 0.2) is 53.4 Å². The van der Waals surface area contributed by atoms with Crippen molar-refractivity contribution in [1.29, 1.82) is 0 Å². The first-order valence-electron chi connectivity index (χ1n) is 11.8. The number of pyridine rings is 1. The molecule has 0 saturated carbocycles. The average molecular weight is 570 g/mol. The predicted molar refractivity (Wildman–Crippen MR) is 135 cm³/mol. The molecule has 6 rings (SSSR count). The van der Waals surface area contributed by atoms with Crippen molar-refractivity contribution >= 4 is 34.8 Å². The summed E-state index contributed by atoms with van der Waals surface area (Å²) >= 11 is 6.35. The summed E-state index contributed by atoms with van der Waals surface area (Å²) in [5.74, 6) is 0.111. The van der Waals surface area contributed by atoms with E-state index >= 15 is 0 Å². The molecule has 0 radical (unpaired) electrons. The van der Waals surface area contributed by atoms with Crippen LogP contribution in [0.2, 0.25) is 5.02 Å². The number of aromatic nitrogens is 7. The summed E-state index contributed by atoms with van der Waals surface area (Å²) < 4.78 is 37.6. The second-order valence-corrected chi connectivity index (χ2v) is 9.25. The van der Waals surface area contributed by atoms with Crippen LogP contribution in [-0.2, 0) is 4.74 Å². The number of carbonyl (C=O) groups is 2. The summed E-state index contributed by atoms with van der Waals surface area (Å²) in [5, 5.41) is 18.4. The van der Waals surface area contributed by atoms with Crippen LogP contribution >= 0.6 is 11.6 Å². The van der Waals surface area contributed by atoms with Crippen LogP contribution in [-0.4, -0.2) is 71.8 Å². The highest BCUT2D eigenvalue weighted by Crippen LogP contribution is 2.31. The number of alkyl halides is 2. The first-order valence-corrected chi connectivity index (χ1v) is 12.1. The van der Waals surface area contributed by atoms with Crippen molar-refractivity contribution in [2.45, 2.75) is 12.5 Å². The second-order valence-electron chi connectivity index (χ2n) is 8.84. The molecule has 1 aliphatic rings. The lowest BCUT2D eigenvalue weighted by Crippen LogP contribution is -2.48. The molecule has 40 heavy (non-hydrogen) atoms. The Morgan fingerprint density at radius 3 is 2.73 bits per heavy atom. The molecule has 16 heteroatoms. The van der Waals surface area contributed by atoms with E-state index in [1.54, 1.807) is 36.5 Å². The number of likely N-dealkylation sites (tertiary alicyclic amines) is 1. The van der Waals surface area contributed by atoms with Gasteiger partial charge in [0.05, 0.1) is 47.2 Å². The van der Waals surface area contributed by atoms with Crippen molar-refractivity contribution < 1.29 is 27.6 Å². The van der Waals surface area contributed by atoms with Gasteiger partial charge in [-0.1, -0.05) is 22.0 Å². The Kier molecular flexibility index (Phi) is 6.34. The van der Waals surface area contributed by atoms with Gasteiger partial charge in [0.15, 0.2) is 0 Å². The first kappa shape index (κ1) is 25.4. The maximum Gasteiger partial charge on any atom is 0.409 e. The zero-order chi connectivity index (χ0) is 28.0. The van der Waals surface area contributed by atoms with Crippen LogP contribution in [0, 0.1) is 0 Å². The summed E-state index contributed by atoms with van der Waals surface area (Å²) in [7, 11) is 1.32. The summed E-state index contributed by atoms with van der Waals surface area (Å²) in [4.78, 5) is 30.7. The molecule has 0 aliphatic carbocycles. The van der Waals surface area contributed by atoms with Gasteiger partial charge >= 0.3 is 12.6 Å². The quantitative estimate of drug-likeness (QED) is 0.319. The minimum absolute atomic E-state index is 0.0979. The zero-order valence-electron chi connectivity index (χ0n) is 20.5. The number of anilines is 1. The topological polar surface area (TPSA) is 146 Å². The van der Waals surface area contributed by atoms with Gasteiger partial charge in [-0.05, 0) is 30.3 Å². The molecule has 1 aliphatic heterocycles. The molecule has 0 atom stereocenters. The molecule has 4 aromatic heterocycles. The molecule has 1 N–H and O–H groups in total. The number of hydrogen-bond donors (Lipinski definition) is 1. The third kappa shape index (κ3) is 4.59. The maximum atomic E-state index is 13.1. The summed E-state index contributed by atoms with van der Waals surface area (Å²) in [5.41, 5.74) is 2.32. The lowest BCUT2D eigenvalue weighted by molar-refractivity contribution is 0.0546. The SMILES string of the molecule is COC(=O)N1CC(c2nc(-c3ccc(Cl)c(NC(=O)c4cnn5cc(-c6cn(C(F)F)nn6)ccc45)c3)no2)C1. The molecule has 1 aromatic carbocycles. The summed E-state index contributed by atoms with van der Waals surface area (Å²) in [6.45, 7) is -1.99. The Labute approximate surface area is 228 Å². The van der Waals surface area contributed by atoms with E-state index in [0.29, 0.717) is 51.8 Å². The van der Waals surface area contributed by atoms with E-state index in [1.807, 2.05) is 0 Å². The molecule has 5 aromatic rings. The van der Waals surface area contributed by atoms with Crippen LogP contribution < -0.4 is 5.32 Å². The van der Waals surface area contributed by atoms with E-state index in [-0.39, 0.29) is 22.2 Å². The molecule has 1 saturated heterocycles. The van der Waals surface area contributed by atoms with E-state index < -0.39 is 18.5 Å². The predicted octanol–water partition coefficient (Wildman–Crippen LogP) is 4.11. The fourth-order valence-electron chi connectivity index (χ4n) is 4.20. The fourth-order valence-corrected chi connectivity index (χ4v) is 4.36. The van der Waals surface area contributed by atoms with E-state index in [2.05, 4.69) is 30.9 Å². The van der Waals surface area contributed by atoms with E-state index in [4.69, 9.17) is 20.9 Å². The highest BCUT2D eigenvalue weighted by Gasteiger charge is 2.36. The van der Waals surface area contributed by atoms with Crippen molar-refractivity contribution in [2.75, 3.05) is 25.5 Å². The highest BCUT2D eigenvalue weighted by atomic mass is 35.5. The Hall–Kier alpha value is -4.92. The lowest BCUT2D eigenvalue weighted by atomic mass is 10.0. The van der Waals surface area contributed by atoms with Crippen molar-refractivity contribution in [2.24, 2.45) is 0 Å². The molecular weight excluding hydrogens is 552 g/mol. The number of rotatable bonds is 6. The fraction of sp³-hybridized carbons (Fsp3) is 0.208. The second kappa shape index (κ2) is 10.00. The van der Waals surface area contributed by atoms with E-state index in [9.17, 15) is 18.4 Å². The number of nitrogens with one attached hydrogen (secondary N) is 1. The number of halogens is 3. The van der Waals surface area contributed by atoms with Crippen molar-refractivity contribution in [3.05, 3.63) is 65.4 Å². The van der Waals surface area contributed by atoms with Crippen LogP contribution in [0.4, 0.5) is 19.3 Å². The van der Waals surface area contributed by atoms with Crippen molar-refractivity contribution in [1.82, 2.24) is 39.6 Å². The summed E-state index contributed by atoms with van der Waals surface area (Å²) in [6.07, 6.45) is 3.64. The number of hydrogen-bond acceptors (Lipinski definition) is 9. The maximum absolute atomic E-state index is 13.1. The van der Waals surface area contributed by atoms with Gasteiger partial charge < -0.3 is 19.5 Å². The van der Waals surface area contributed by atoms with Gasteiger partial charge in [0, 0.05) is 30.4 Å². The van der Waals surface area contributed by atoms with Crippen molar-refractivity contribution in [3.63, 3.8) is 0 Å². The van der Waals surface area contributed by atoms with Gasteiger partial charge in [-0.2, -0.15) is 23.5 Å². The van der Waals surface area contributed by atoms with Crippen LogP contribution in [0.25, 0.3) is 28.2 Å². The number of amides is 2. The number of carbonyl (C=O) groups excluding carboxylic acids is 2. The molecular formula is C24H18ClF2N9O4. The number of nitrogens with zero attached hydrogens (tertiary/aromatic N) is 8. The Morgan fingerprint density at radius 2 is 1.98 bits per heavy atom. The first-order chi connectivity index (χ1) is 19.3. The highest BCUT2D eigenvalue weighted by molar-refractivity contribution is 6.34. The Balaban J connectivity index is 1.19. The molecule has 5 heterocycles. The van der Waals surface area contributed by atoms with Gasteiger partial charge in [-0.3, -0.25) is 4.79 Å². The van der Waals surface area contributed by atoms with E-state index in [0.717, 1.165) is 6.20 Å². The minimum Gasteiger partial charge on any atom is -0.453 e. The average Bonchev–Trinajstić information content (AvgIpc) is 3.68. The molecule has 0 spiro atoms. The normalized spacial score (nSPS) is 13.6. The summed E-state index contributed by atoms with van der Waals surface area (Å²) in [6, 6.07) is 8.16. The van der Waals surface area contributed by atoms with Gasteiger partial charge in [0.1, 0.15) is 5.69 Å². The monoisotopic (exact) mass is 569 g/mol. The van der Waals surface area contributed by atoms with Gasteiger partial charge in [0.2, 0.25) is 11.7 Å². The van der Waals surface area contributed by atoms with Crippen LogP contribution in [0.3, 0.4) is 0 Å². The largest absolute Gasteiger partial charge is 0.453 e. The third-order valence-corrected chi connectivity index (χ3v) is 6.67. The Bertz CT molecular complexity index is 1750. The third-order valence-electron chi connectivity index (χ3n) is 6.34. The molecule has 1 fully saturated rings. The van der Waals surface area contributed by atoms with Crippen LogP contribution in [0.5, 0.6) is 0 Å². The number of fused-ring (bicyclic) bond motifs is 1. The number of ether oxygens (including phenoxy) is 1. The minimum atomic E-state index is -2.81. The van der Waals surface area contributed by atoms with Gasteiger partial charge in [0.25, 0.3) is 5.91 Å². The Morgan fingerprint density at radius 1 is 1.18 bits per heavy atom. The van der Waals surface area contributed by atoms with Gasteiger partial charge in [-0.25, -0.2) is 9.31 Å². The molecule has 0 unspecified atom stereocenters. The molecule has 204 valence electrons. The van der Waals surface area contributed by atoms with Crippen LogP contribution in [0.1, 0.15) is 28.7 Å². The molecule has 2 amide bonds. The number of benzene rings is 1. The smallest absolute Gasteiger partial charge is 0.409 e.